The SMILES string of the molecule is COC(=O)CC1c2ccccc2N=C(N2CCN(c3cccc(Cl)c3)CC2)N1c1cc(C)ccc1OC. The van der Waals surface area contributed by atoms with Gasteiger partial charge in [-0.05, 0) is 48.9 Å². The fourth-order valence-electron chi connectivity index (χ4n) is 5.08. The highest BCUT2D eigenvalue weighted by atomic mass is 35.5. The first-order valence-electron chi connectivity index (χ1n) is 12.4. The van der Waals surface area contributed by atoms with E-state index in [4.69, 9.17) is 26.1 Å². The number of esters is 1. The average molecular weight is 519 g/mol. The Hall–Kier alpha value is -3.71. The van der Waals surface area contributed by atoms with E-state index in [0.717, 1.165) is 71.1 Å². The van der Waals surface area contributed by atoms with Gasteiger partial charge in [-0.15, -0.1) is 0 Å². The second kappa shape index (κ2) is 10.7. The van der Waals surface area contributed by atoms with Gasteiger partial charge in [0.25, 0.3) is 0 Å². The maximum Gasteiger partial charge on any atom is 0.307 e. The molecule has 1 saturated heterocycles. The number of para-hydroxylation sites is 1. The molecule has 1 fully saturated rings. The van der Waals surface area contributed by atoms with E-state index in [1.807, 2.05) is 54.6 Å². The number of benzene rings is 3. The Labute approximate surface area is 222 Å². The van der Waals surface area contributed by atoms with E-state index >= 15 is 0 Å². The van der Waals surface area contributed by atoms with Gasteiger partial charge in [0, 0.05) is 42.5 Å². The summed E-state index contributed by atoms with van der Waals surface area (Å²) >= 11 is 6.25. The number of aliphatic imine (C=N–C) groups is 1. The minimum absolute atomic E-state index is 0.187. The molecule has 7 nitrogen and oxygen atoms in total. The molecule has 192 valence electrons. The highest BCUT2D eigenvalue weighted by Crippen LogP contribution is 2.44. The van der Waals surface area contributed by atoms with Crippen molar-refractivity contribution in [1.82, 2.24) is 4.90 Å². The molecule has 3 aromatic rings. The van der Waals surface area contributed by atoms with Crippen molar-refractivity contribution in [2.45, 2.75) is 19.4 Å². The Morgan fingerprint density at radius 1 is 0.973 bits per heavy atom. The Balaban J connectivity index is 1.56. The molecule has 0 aliphatic carbocycles. The molecular formula is C29H31ClN4O3. The molecule has 37 heavy (non-hydrogen) atoms. The number of piperazine rings is 1. The van der Waals surface area contributed by atoms with Gasteiger partial charge in [0.1, 0.15) is 5.75 Å². The van der Waals surface area contributed by atoms with Gasteiger partial charge < -0.3 is 24.2 Å². The monoisotopic (exact) mass is 518 g/mol. The molecule has 0 saturated carbocycles. The number of nitrogens with zero attached hydrogens (tertiary/aromatic N) is 4. The van der Waals surface area contributed by atoms with Crippen molar-refractivity contribution in [3.05, 3.63) is 82.9 Å². The Bertz CT molecular complexity index is 1320. The summed E-state index contributed by atoms with van der Waals surface area (Å²) in [4.78, 5) is 24.6. The van der Waals surface area contributed by atoms with Crippen molar-refractivity contribution in [2.75, 3.05) is 50.2 Å². The smallest absolute Gasteiger partial charge is 0.307 e. The van der Waals surface area contributed by atoms with Crippen molar-refractivity contribution in [3.8, 4) is 5.75 Å². The van der Waals surface area contributed by atoms with Gasteiger partial charge >= 0.3 is 5.97 Å². The number of hydrogen-bond donors (Lipinski definition) is 0. The van der Waals surface area contributed by atoms with Gasteiger partial charge in [-0.1, -0.05) is 41.9 Å². The summed E-state index contributed by atoms with van der Waals surface area (Å²) in [6, 6.07) is 21.8. The van der Waals surface area contributed by atoms with Gasteiger partial charge in [0.05, 0.1) is 38.1 Å². The number of carbonyl (C=O) groups is 1. The Morgan fingerprint density at radius 2 is 1.73 bits per heavy atom. The maximum atomic E-state index is 12.6. The average Bonchev–Trinajstić information content (AvgIpc) is 2.93. The van der Waals surface area contributed by atoms with Crippen LogP contribution in [-0.2, 0) is 9.53 Å². The fourth-order valence-corrected chi connectivity index (χ4v) is 5.26. The Morgan fingerprint density at radius 3 is 2.46 bits per heavy atom. The molecule has 0 amide bonds. The van der Waals surface area contributed by atoms with Crippen molar-refractivity contribution < 1.29 is 14.3 Å². The van der Waals surface area contributed by atoms with Crippen LogP contribution in [0.1, 0.15) is 23.6 Å². The lowest BCUT2D eigenvalue weighted by atomic mass is 9.97. The van der Waals surface area contributed by atoms with Crippen LogP contribution in [-0.4, -0.2) is 57.2 Å². The molecule has 2 aliphatic heterocycles. The molecule has 5 rings (SSSR count). The molecule has 1 atom stereocenters. The normalized spacial score (nSPS) is 17.2. The molecule has 0 N–H and O–H groups in total. The third-order valence-corrected chi connectivity index (χ3v) is 7.20. The largest absolute Gasteiger partial charge is 0.495 e. The van der Waals surface area contributed by atoms with Gasteiger partial charge in [-0.25, -0.2) is 4.99 Å². The second-order valence-corrected chi connectivity index (χ2v) is 9.70. The third kappa shape index (κ3) is 5.09. The fraction of sp³-hybridized carbons (Fsp3) is 0.310. The molecule has 8 heteroatoms. The zero-order valence-electron chi connectivity index (χ0n) is 21.4. The standard InChI is InChI=1S/C29H31ClN4O3/c1-20-11-12-27(36-2)26(17-20)34-25(19-28(35)37-3)23-9-4-5-10-24(23)31-29(34)33-15-13-32(14-16-33)22-8-6-7-21(30)18-22/h4-12,17-18,25H,13-16,19H2,1-3H3. The second-order valence-electron chi connectivity index (χ2n) is 9.27. The maximum absolute atomic E-state index is 12.6. The first kappa shape index (κ1) is 25.0. The van der Waals surface area contributed by atoms with Crippen LogP contribution in [0.4, 0.5) is 17.1 Å². The number of aryl methyl sites for hydroxylation is 1. The first-order valence-corrected chi connectivity index (χ1v) is 12.8. The molecule has 0 radical (unpaired) electrons. The van der Waals surface area contributed by atoms with Gasteiger partial charge in [0.15, 0.2) is 0 Å². The third-order valence-electron chi connectivity index (χ3n) is 6.96. The lowest BCUT2D eigenvalue weighted by molar-refractivity contribution is -0.141. The minimum Gasteiger partial charge on any atom is -0.495 e. The van der Waals surface area contributed by atoms with Crippen LogP contribution in [0.2, 0.25) is 5.02 Å². The predicted molar refractivity (Wildman–Crippen MR) is 148 cm³/mol. The molecule has 2 aliphatic rings. The van der Waals surface area contributed by atoms with E-state index in [1.54, 1.807) is 7.11 Å². The van der Waals surface area contributed by atoms with E-state index in [1.165, 1.54) is 7.11 Å². The summed E-state index contributed by atoms with van der Waals surface area (Å²) < 4.78 is 10.9. The molecule has 3 aromatic carbocycles. The van der Waals surface area contributed by atoms with E-state index < -0.39 is 0 Å². The van der Waals surface area contributed by atoms with Crippen LogP contribution in [0.25, 0.3) is 0 Å². The summed E-state index contributed by atoms with van der Waals surface area (Å²) in [6.07, 6.45) is 0.187. The zero-order chi connectivity index (χ0) is 25.9. The lowest BCUT2D eigenvalue weighted by Crippen LogP contribution is -2.55. The van der Waals surface area contributed by atoms with Crippen LogP contribution in [0.5, 0.6) is 5.75 Å². The van der Waals surface area contributed by atoms with Crippen LogP contribution in [0, 0.1) is 6.92 Å². The number of fused-ring (bicyclic) bond motifs is 1. The topological polar surface area (TPSA) is 57.6 Å². The molecule has 2 heterocycles. The molecule has 0 aromatic heterocycles. The van der Waals surface area contributed by atoms with Crippen molar-refractivity contribution in [1.29, 1.82) is 0 Å². The number of guanidine groups is 1. The number of ether oxygens (including phenoxy) is 2. The summed E-state index contributed by atoms with van der Waals surface area (Å²) in [5.41, 5.74) is 4.94. The van der Waals surface area contributed by atoms with Crippen LogP contribution >= 0.6 is 11.6 Å². The number of anilines is 2. The van der Waals surface area contributed by atoms with Gasteiger partial charge in [-0.2, -0.15) is 0 Å². The number of carbonyl (C=O) groups excluding carboxylic acids is 1. The number of hydrogen-bond acceptors (Lipinski definition) is 7. The number of rotatable bonds is 5. The summed E-state index contributed by atoms with van der Waals surface area (Å²) in [7, 11) is 3.10. The van der Waals surface area contributed by atoms with Gasteiger partial charge in [0.2, 0.25) is 5.96 Å². The zero-order valence-corrected chi connectivity index (χ0v) is 22.1. The molecular weight excluding hydrogens is 488 g/mol. The van der Waals surface area contributed by atoms with E-state index in [9.17, 15) is 4.79 Å². The van der Waals surface area contributed by atoms with E-state index in [2.05, 4.69) is 33.8 Å². The highest BCUT2D eigenvalue weighted by molar-refractivity contribution is 6.30. The van der Waals surface area contributed by atoms with Crippen molar-refractivity contribution >= 4 is 40.6 Å². The minimum atomic E-state index is -0.294. The molecule has 1 unspecified atom stereocenters. The number of methoxy groups -OCH3 is 2. The molecule has 0 bridgehead atoms. The summed E-state index contributed by atoms with van der Waals surface area (Å²) in [6.45, 7) is 5.23. The summed E-state index contributed by atoms with van der Waals surface area (Å²) in [5.74, 6) is 1.26. The van der Waals surface area contributed by atoms with E-state index in [0.29, 0.717) is 0 Å². The lowest BCUT2D eigenvalue weighted by Gasteiger charge is -2.45. The summed E-state index contributed by atoms with van der Waals surface area (Å²) in [5, 5.41) is 0.733. The number of halogens is 1. The van der Waals surface area contributed by atoms with Crippen LogP contribution in [0.3, 0.4) is 0 Å². The first-order chi connectivity index (χ1) is 18.0. The van der Waals surface area contributed by atoms with Crippen molar-refractivity contribution in [3.63, 3.8) is 0 Å². The predicted octanol–water partition coefficient (Wildman–Crippen LogP) is 5.59. The van der Waals surface area contributed by atoms with Crippen LogP contribution < -0.4 is 14.5 Å². The Kier molecular flexibility index (Phi) is 7.24. The quantitative estimate of drug-likeness (QED) is 0.410. The molecule has 0 spiro atoms. The van der Waals surface area contributed by atoms with E-state index in [-0.39, 0.29) is 18.4 Å². The highest BCUT2D eigenvalue weighted by Gasteiger charge is 2.37. The van der Waals surface area contributed by atoms with Crippen molar-refractivity contribution in [2.24, 2.45) is 4.99 Å². The van der Waals surface area contributed by atoms with Gasteiger partial charge in [-0.3, -0.25) is 4.79 Å². The van der Waals surface area contributed by atoms with Crippen LogP contribution in [0.15, 0.2) is 71.7 Å².